The van der Waals surface area contributed by atoms with Crippen LogP contribution in [0.2, 0.25) is 0 Å². The van der Waals surface area contributed by atoms with Crippen molar-refractivity contribution in [2.75, 3.05) is 6.61 Å². The highest BCUT2D eigenvalue weighted by atomic mass is 16.5. The zero-order chi connectivity index (χ0) is 13.2. The fourth-order valence-corrected chi connectivity index (χ4v) is 1.70. The molecule has 0 amide bonds. The summed E-state index contributed by atoms with van der Waals surface area (Å²) in [4.78, 5) is 0. The Bertz CT molecular complexity index is 324. The largest absolute Gasteiger partial charge is 0.393 e. The van der Waals surface area contributed by atoms with Crippen molar-refractivity contribution in [2.24, 2.45) is 0 Å². The van der Waals surface area contributed by atoms with Gasteiger partial charge in [0.15, 0.2) is 0 Å². The first-order valence-corrected chi connectivity index (χ1v) is 6.31. The van der Waals surface area contributed by atoms with Crippen molar-refractivity contribution < 1.29 is 14.9 Å². The average Bonchev–Trinajstić information content (AvgIpc) is 2.36. The molecule has 1 aromatic carbocycles. The molecule has 0 aliphatic rings. The monoisotopic (exact) mass is 250 g/mol. The highest BCUT2D eigenvalue weighted by molar-refractivity contribution is 5.13. The molecule has 0 saturated carbocycles. The SMILES string of the molecule is C=CC[C@@H](O)C[C@@H](O)CCOCc1ccccc1. The summed E-state index contributed by atoms with van der Waals surface area (Å²) in [6, 6.07) is 9.92. The van der Waals surface area contributed by atoms with Gasteiger partial charge >= 0.3 is 0 Å². The van der Waals surface area contributed by atoms with E-state index in [1.807, 2.05) is 30.3 Å². The lowest BCUT2D eigenvalue weighted by molar-refractivity contribution is 0.0424. The van der Waals surface area contributed by atoms with Crippen LogP contribution in [-0.4, -0.2) is 29.0 Å². The third kappa shape index (κ3) is 6.55. The Kier molecular flexibility index (Phi) is 7.34. The zero-order valence-corrected chi connectivity index (χ0v) is 10.7. The topological polar surface area (TPSA) is 49.7 Å². The minimum Gasteiger partial charge on any atom is -0.393 e. The van der Waals surface area contributed by atoms with Crippen molar-refractivity contribution in [3.63, 3.8) is 0 Å². The molecule has 0 radical (unpaired) electrons. The van der Waals surface area contributed by atoms with Crippen LogP contribution in [0.5, 0.6) is 0 Å². The number of aliphatic hydroxyl groups is 2. The van der Waals surface area contributed by atoms with Gasteiger partial charge in [0.2, 0.25) is 0 Å². The molecule has 3 heteroatoms. The third-order valence-corrected chi connectivity index (χ3v) is 2.69. The number of rotatable bonds is 9. The molecule has 0 aromatic heterocycles. The normalized spacial score (nSPS) is 14.1. The van der Waals surface area contributed by atoms with Crippen LogP contribution in [0.15, 0.2) is 43.0 Å². The second kappa shape index (κ2) is 8.86. The first-order chi connectivity index (χ1) is 8.72. The molecule has 0 heterocycles. The Morgan fingerprint density at radius 1 is 1.17 bits per heavy atom. The van der Waals surface area contributed by atoms with Crippen molar-refractivity contribution in [2.45, 2.75) is 38.1 Å². The Hall–Kier alpha value is -1.16. The molecule has 2 atom stereocenters. The zero-order valence-electron chi connectivity index (χ0n) is 10.7. The summed E-state index contributed by atoms with van der Waals surface area (Å²) in [5.41, 5.74) is 1.12. The van der Waals surface area contributed by atoms with Crippen LogP contribution >= 0.6 is 0 Å². The van der Waals surface area contributed by atoms with E-state index in [1.165, 1.54) is 0 Å². The maximum atomic E-state index is 9.67. The summed E-state index contributed by atoms with van der Waals surface area (Å²) in [6.45, 7) is 4.61. The van der Waals surface area contributed by atoms with E-state index in [-0.39, 0.29) is 0 Å². The quantitative estimate of drug-likeness (QED) is 0.522. The lowest BCUT2D eigenvalue weighted by Crippen LogP contribution is -2.18. The summed E-state index contributed by atoms with van der Waals surface area (Å²) in [6.07, 6.45) is 2.06. The molecule has 18 heavy (non-hydrogen) atoms. The average molecular weight is 250 g/mol. The van der Waals surface area contributed by atoms with E-state index in [0.717, 1.165) is 5.56 Å². The van der Waals surface area contributed by atoms with Gasteiger partial charge in [0.05, 0.1) is 18.8 Å². The molecular formula is C15H22O3. The van der Waals surface area contributed by atoms with Gasteiger partial charge in [-0.2, -0.15) is 0 Å². The van der Waals surface area contributed by atoms with Crippen LogP contribution in [0.4, 0.5) is 0 Å². The Morgan fingerprint density at radius 2 is 1.89 bits per heavy atom. The molecule has 0 aliphatic heterocycles. The Morgan fingerprint density at radius 3 is 2.56 bits per heavy atom. The van der Waals surface area contributed by atoms with Crippen LogP contribution in [0.25, 0.3) is 0 Å². The molecule has 0 unspecified atom stereocenters. The van der Waals surface area contributed by atoms with Gasteiger partial charge in [-0.3, -0.25) is 0 Å². The van der Waals surface area contributed by atoms with E-state index in [4.69, 9.17) is 4.74 Å². The molecular weight excluding hydrogens is 228 g/mol. The molecule has 1 aromatic rings. The van der Waals surface area contributed by atoms with Crippen molar-refractivity contribution in [1.29, 1.82) is 0 Å². The number of hydrogen-bond donors (Lipinski definition) is 2. The van der Waals surface area contributed by atoms with E-state index < -0.39 is 12.2 Å². The van der Waals surface area contributed by atoms with Gasteiger partial charge in [-0.25, -0.2) is 0 Å². The summed E-state index contributed by atoms with van der Waals surface area (Å²) in [7, 11) is 0. The van der Waals surface area contributed by atoms with E-state index in [9.17, 15) is 10.2 Å². The first-order valence-electron chi connectivity index (χ1n) is 6.31. The molecule has 0 spiro atoms. The van der Waals surface area contributed by atoms with Crippen LogP contribution in [0, 0.1) is 0 Å². The predicted molar refractivity (Wildman–Crippen MR) is 72.2 cm³/mol. The van der Waals surface area contributed by atoms with Crippen LogP contribution in [0.3, 0.4) is 0 Å². The smallest absolute Gasteiger partial charge is 0.0716 e. The minimum absolute atomic E-state index is 0.376. The fourth-order valence-electron chi connectivity index (χ4n) is 1.70. The Labute approximate surface area is 109 Å². The van der Waals surface area contributed by atoms with Crippen molar-refractivity contribution in [3.05, 3.63) is 48.6 Å². The molecule has 2 N–H and O–H groups in total. The molecule has 3 nitrogen and oxygen atoms in total. The van der Waals surface area contributed by atoms with E-state index >= 15 is 0 Å². The molecule has 0 fully saturated rings. The van der Waals surface area contributed by atoms with Crippen LogP contribution in [0.1, 0.15) is 24.8 Å². The summed E-state index contributed by atoms with van der Waals surface area (Å²) in [5.74, 6) is 0. The summed E-state index contributed by atoms with van der Waals surface area (Å²) < 4.78 is 5.47. The van der Waals surface area contributed by atoms with Crippen molar-refractivity contribution >= 4 is 0 Å². The summed E-state index contributed by atoms with van der Waals surface area (Å²) >= 11 is 0. The van der Waals surface area contributed by atoms with Gasteiger partial charge in [0.25, 0.3) is 0 Å². The molecule has 100 valence electrons. The third-order valence-electron chi connectivity index (χ3n) is 2.69. The lowest BCUT2D eigenvalue weighted by Gasteiger charge is -2.14. The van der Waals surface area contributed by atoms with E-state index in [0.29, 0.717) is 32.5 Å². The maximum absolute atomic E-state index is 9.67. The maximum Gasteiger partial charge on any atom is 0.0716 e. The van der Waals surface area contributed by atoms with Gasteiger partial charge in [-0.1, -0.05) is 36.4 Å². The standard InChI is InChI=1S/C15H22O3/c1-2-6-14(16)11-15(17)9-10-18-12-13-7-4-3-5-8-13/h2-5,7-8,14-17H,1,6,9-12H2/t14-,15+/m1/s1. The highest BCUT2D eigenvalue weighted by Crippen LogP contribution is 2.07. The van der Waals surface area contributed by atoms with Crippen molar-refractivity contribution in [1.82, 2.24) is 0 Å². The number of hydrogen-bond acceptors (Lipinski definition) is 3. The second-order valence-corrected chi connectivity index (χ2v) is 4.39. The molecule has 1 rings (SSSR count). The molecule has 0 saturated heterocycles. The van der Waals surface area contributed by atoms with Gasteiger partial charge < -0.3 is 14.9 Å². The predicted octanol–water partition coefficient (Wildman–Crippen LogP) is 2.28. The van der Waals surface area contributed by atoms with Gasteiger partial charge in [-0.05, 0) is 24.8 Å². The molecule has 0 aliphatic carbocycles. The highest BCUT2D eigenvalue weighted by Gasteiger charge is 2.10. The van der Waals surface area contributed by atoms with E-state index in [2.05, 4.69) is 6.58 Å². The fraction of sp³-hybridized carbons (Fsp3) is 0.467. The molecule has 0 bridgehead atoms. The van der Waals surface area contributed by atoms with Crippen molar-refractivity contribution in [3.8, 4) is 0 Å². The van der Waals surface area contributed by atoms with Gasteiger partial charge in [0.1, 0.15) is 0 Å². The number of aliphatic hydroxyl groups excluding tert-OH is 2. The Balaban J connectivity index is 2.08. The first kappa shape index (κ1) is 14.9. The van der Waals surface area contributed by atoms with Gasteiger partial charge in [0, 0.05) is 6.61 Å². The van der Waals surface area contributed by atoms with Crippen LogP contribution in [-0.2, 0) is 11.3 Å². The van der Waals surface area contributed by atoms with Crippen LogP contribution < -0.4 is 0 Å². The lowest BCUT2D eigenvalue weighted by atomic mass is 10.1. The minimum atomic E-state index is -0.518. The van der Waals surface area contributed by atoms with E-state index in [1.54, 1.807) is 6.08 Å². The second-order valence-electron chi connectivity index (χ2n) is 4.39. The summed E-state index contributed by atoms with van der Waals surface area (Å²) in [5, 5.41) is 19.2. The van der Waals surface area contributed by atoms with Gasteiger partial charge in [-0.15, -0.1) is 6.58 Å². The number of benzene rings is 1. The number of ether oxygens (including phenoxy) is 1.